The zero-order valence-electron chi connectivity index (χ0n) is 13.2. The first-order valence-corrected chi connectivity index (χ1v) is 7.72. The lowest BCUT2D eigenvalue weighted by Gasteiger charge is -2.41. The second-order valence-electron chi connectivity index (χ2n) is 6.37. The lowest BCUT2D eigenvalue weighted by atomic mass is 9.88. The van der Waals surface area contributed by atoms with Crippen LogP contribution in [0.25, 0.3) is 0 Å². The van der Waals surface area contributed by atoms with E-state index in [1.165, 1.54) is 36.9 Å². The van der Waals surface area contributed by atoms with Gasteiger partial charge in [0, 0.05) is 18.6 Å². The summed E-state index contributed by atoms with van der Waals surface area (Å²) in [5, 5.41) is 0. The number of aryl methyl sites for hydroxylation is 1. The van der Waals surface area contributed by atoms with Crippen LogP contribution in [0.1, 0.15) is 30.4 Å². The van der Waals surface area contributed by atoms with Gasteiger partial charge in [0.15, 0.2) is 0 Å². The van der Waals surface area contributed by atoms with Crippen molar-refractivity contribution in [1.29, 1.82) is 0 Å². The molecule has 0 radical (unpaired) electrons. The average molecular weight is 275 g/mol. The summed E-state index contributed by atoms with van der Waals surface area (Å²) in [7, 11) is 4.46. The number of likely N-dealkylation sites (tertiary alicyclic amines) is 1. The molecule has 0 saturated carbocycles. The maximum absolute atomic E-state index is 6.19. The van der Waals surface area contributed by atoms with E-state index in [0.717, 1.165) is 19.6 Å². The number of nitrogens with two attached hydrogens (primary N) is 1. The van der Waals surface area contributed by atoms with Crippen LogP contribution in [0.2, 0.25) is 0 Å². The molecule has 0 amide bonds. The predicted molar refractivity (Wildman–Crippen MR) is 85.8 cm³/mol. The maximum atomic E-state index is 6.19. The van der Waals surface area contributed by atoms with Gasteiger partial charge in [-0.1, -0.05) is 24.3 Å². The number of hydrogen-bond donors (Lipinski definition) is 1. The topological polar surface area (TPSA) is 32.5 Å². The number of benzene rings is 1. The average Bonchev–Trinajstić information content (AvgIpc) is 2.64. The molecule has 1 unspecified atom stereocenters. The molecule has 1 fully saturated rings. The highest BCUT2D eigenvalue weighted by Gasteiger charge is 2.34. The van der Waals surface area contributed by atoms with Gasteiger partial charge >= 0.3 is 0 Å². The third-order valence-corrected chi connectivity index (χ3v) is 5.00. The zero-order valence-corrected chi connectivity index (χ0v) is 13.2. The van der Waals surface area contributed by atoms with Crippen LogP contribution in [0.4, 0.5) is 0 Å². The second kappa shape index (κ2) is 6.70. The molecule has 1 atom stereocenters. The summed E-state index contributed by atoms with van der Waals surface area (Å²) < 4.78 is 0. The summed E-state index contributed by atoms with van der Waals surface area (Å²) in [6.45, 7) is 6.28. The number of likely N-dealkylation sites (N-methyl/N-ethyl adjacent to an activating group) is 1. The van der Waals surface area contributed by atoms with Gasteiger partial charge in [0.2, 0.25) is 0 Å². The fourth-order valence-corrected chi connectivity index (χ4v) is 3.27. The fourth-order valence-electron chi connectivity index (χ4n) is 3.27. The Morgan fingerprint density at radius 1 is 1.25 bits per heavy atom. The molecular weight excluding hydrogens is 246 g/mol. The Kier molecular flexibility index (Phi) is 5.19. The Balaban J connectivity index is 2.12. The monoisotopic (exact) mass is 275 g/mol. The van der Waals surface area contributed by atoms with Crippen LogP contribution in [0.5, 0.6) is 0 Å². The normalized spacial score (nSPS) is 24.9. The van der Waals surface area contributed by atoms with E-state index in [2.05, 4.69) is 55.1 Å². The van der Waals surface area contributed by atoms with Gasteiger partial charge in [-0.25, -0.2) is 0 Å². The van der Waals surface area contributed by atoms with Crippen LogP contribution in [0.15, 0.2) is 24.3 Å². The smallest absolute Gasteiger partial charge is 0.0344 e. The highest BCUT2D eigenvalue weighted by Crippen LogP contribution is 2.28. The summed E-state index contributed by atoms with van der Waals surface area (Å²) in [5.41, 5.74) is 9.13. The Morgan fingerprint density at radius 3 is 2.70 bits per heavy atom. The van der Waals surface area contributed by atoms with Crippen LogP contribution in [-0.2, 0) is 6.54 Å². The predicted octanol–water partition coefficient (Wildman–Crippen LogP) is 2.24. The molecule has 1 aliphatic rings. The van der Waals surface area contributed by atoms with Crippen molar-refractivity contribution < 1.29 is 0 Å². The van der Waals surface area contributed by atoms with Crippen LogP contribution in [-0.4, -0.2) is 49.1 Å². The van der Waals surface area contributed by atoms with Crippen molar-refractivity contribution in [3.8, 4) is 0 Å². The largest absolute Gasteiger partial charge is 0.329 e. The van der Waals surface area contributed by atoms with Crippen molar-refractivity contribution >= 4 is 0 Å². The van der Waals surface area contributed by atoms with Gasteiger partial charge in [-0.2, -0.15) is 0 Å². The SMILES string of the molecule is Cc1ccccc1CN(C)C1(CN)CCCN(C)CC1. The highest BCUT2D eigenvalue weighted by atomic mass is 15.2. The first-order chi connectivity index (χ1) is 9.57. The van der Waals surface area contributed by atoms with Crippen molar-refractivity contribution in [3.63, 3.8) is 0 Å². The van der Waals surface area contributed by atoms with E-state index >= 15 is 0 Å². The van der Waals surface area contributed by atoms with Crippen LogP contribution in [0, 0.1) is 6.92 Å². The molecule has 112 valence electrons. The van der Waals surface area contributed by atoms with E-state index in [9.17, 15) is 0 Å². The molecule has 1 aromatic rings. The molecule has 2 N–H and O–H groups in total. The molecule has 0 bridgehead atoms. The zero-order chi connectivity index (χ0) is 14.6. The van der Waals surface area contributed by atoms with E-state index in [-0.39, 0.29) is 5.54 Å². The van der Waals surface area contributed by atoms with Crippen molar-refractivity contribution in [1.82, 2.24) is 9.80 Å². The first-order valence-electron chi connectivity index (χ1n) is 7.72. The fraction of sp³-hybridized carbons (Fsp3) is 0.647. The number of nitrogens with zero attached hydrogens (tertiary/aromatic N) is 2. The van der Waals surface area contributed by atoms with Crippen LogP contribution in [0.3, 0.4) is 0 Å². The molecule has 0 aromatic heterocycles. The molecule has 3 heteroatoms. The van der Waals surface area contributed by atoms with Gasteiger partial charge in [-0.15, -0.1) is 0 Å². The summed E-state index contributed by atoms with van der Waals surface area (Å²) in [5.74, 6) is 0. The van der Waals surface area contributed by atoms with E-state index in [0.29, 0.717) is 0 Å². The van der Waals surface area contributed by atoms with Gasteiger partial charge in [0.05, 0.1) is 0 Å². The molecule has 20 heavy (non-hydrogen) atoms. The molecule has 3 nitrogen and oxygen atoms in total. The minimum atomic E-state index is 0.160. The summed E-state index contributed by atoms with van der Waals surface area (Å²) in [6.07, 6.45) is 3.62. The van der Waals surface area contributed by atoms with Crippen LogP contribution < -0.4 is 5.73 Å². The minimum absolute atomic E-state index is 0.160. The lowest BCUT2D eigenvalue weighted by molar-refractivity contribution is 0.100. The summed E-state index contributed by atoms with van der Waals surface area (Å²) in [4.78, 5) is 4.92. The molecule has 1 saturated heterocycles. The van der Waals surface area contributed by atoms with Gasteiger partial charge in [-0.3, -0.25) is 4.90 Å². The van der Waals surface area contributed by atoms with Gasteiger partial charge in [0.25, 0.3) is 0 Å². The Morgan fingerprint density at radius 2 is 2.00 bits per heavy atom. The lowest BCUT2D eigenvalue weighted by Crippen LogP contribution is -2.52. The molecule has 0 spiro atoms. The van der Waals surface area contributed by atoms with Crippen LogP contribution >= 0.6 is 0 Å². The quantitative estimate of drug-likeness (QED) is 0.914. The molecule has 1 aliphatic heterocycles. The molecule has 1 heterocycles. The molecule has 2 rings (SSSR count). The van der Waals surface area contributed by atoms with E-state index in [1.54, 1.807) is 0 Å². The van der Waals surface area contributed by atoms with Gasteiger partial charge in [0.1, 0.15) is 0 Å². The Hall–Kier alpha value is -0.900. The van der Waals surface area contributed by atoms with Crippen molar-refractivity contribution in [2.75, 3.05) is 33.7 Å². The molecule has 0 aliphatic carbocycles. The molecular formula is C17H29N3. The Bertz CT molecular complexity index is 432. The Labute approximate surface area is 123 Å². The third kappa shape index (κ3) is 3.40. The first kappa shape index (κ1) is 15.5. The van der Waals surface area contributed by atoms with Gasteiger partial charge < -0.3 is 10.6 Å². The van der Waals surface area contributed by atoms with E-state index in [4.69, 9.17) is 5.73 Å². The third-order valence-electron chi connectivity index (χ3n) is 5.00. The number of rotatable bonds is 4. The summed E-state index contributed by atoms with van der Waals surface area (Å²) in [6, 6.07) is 8.67. The van der Waals surface area contributed by atoms with E-state index in [1.807, 2.05) is 0 Å². The van der Waals surface area contributed by atoms with Gasteiger partial charge in [-0.05, 0) is 64.5 Å². The molecule has 1 aromatic carbocycles. The standard InChI is InChI=1S/C17H29N3/c1-15-7-4-5-8-16(15)13-20(3)17(14-18)9-6-11-19(2)12-10-17/h4-5,7-8H,6,9-14,18H2,1-3H3. The van der Waals surface area contributed by atoms with Crippen molar-refractivity contribution in [2.45, 2.75) is 38.3 Å². The van der Waals surface area contributed by atoms with E-state index < -0.39 is 0 Å². The number of hydrogen-bond acceptors (Lipinski definition) is 3. The van der Waals surface area contributed by atoms with Crippen molar-refractivity contribution in [2.24, 2.45) is 5.73 Å². The maximum Gasteiger partial charge on any atom is 0.0344 e. The summed E-state index contributed by atoms with van der Waals surface area (Å²) >= 11 is 0. The highest BCUT2D eigenvalue weighted by molar-refractivity contribution is 5.25. The minimum Gasteiger partial charge on any atom is -0.329 e. The second-order valence-corrected chi connectivity index (χ2v) is 6.37. The van der Waals surface area contributed by atoms with Crippen molar-refractivity contribution in [3.05, 3.63) is 35.4 Å².